The highest BCUT2D eigenvalue weighted by Gasteiger charge is 2.25. The number of benzene rings is 1. The van der Waals surface area contributed by atoms with Crippen molar-refractivity contribution in [2.24, 2.45) is 0 Å². The van der Waals surface area contributed by atoms with Crippen LogP contribution in [0.2, 0.25) is 0 Å². The summed E-state index contributed by atoms with van der Waals surface area (Å²) in [6.45, 7) is 0. The molecule has 1 atom stereocenters. The molecule has 3 rings (SSSR count). The van der Waals surface area contributed by atoms with Crippen LogP contribution in [0.1, 0.15) is 30.7 Å². The number of aromatic amines is 1. The van der Waals surface area contributed by atoms with Gasteiger partial charge in [0, 0.05) is 24.4 Å². The molecule has 1 N–H and O–H groups in total. The predicted molar refractivity (Wildman–Crippen MR) is 59.9 cm³/mol. The molecule has 1 heterocycles. The van der Waals surface area contributed by atoms with Crippen molar-refractivity contribution in [2.45, 2.75) is 25.2 Å². The molecule has 1 saturated carbocycles. The van der Waals surface area contributed by atoms with Crippen molar-refractivity contribution in [3.05, 3.63) is 35.8 Å². The molecule has 2 aromatic rings. The molecule has 0 radical (unpaired) electrons. The maximum absolute atomic E-state index is 13.5. The second-order valence-electron chi connectivity index (χ2n) is 4.38. The number of Topliss-reactive ketones (excluding diaryl/α,β-unsaturated/α-hetero) is 1. The maximum atomic E-state index is 13.5. The Bertz CT molecular complexity index is 558. The van der Waals surface area contributed by atoms with Gasteiger partial charge < -0.3 is 4.98 Å². The molecule has 1 fully saturated rings. The van der Waals surface area contributed by atoms with E-state index in [1.165, 1.54) is 6.07 Å². The Morgan fingerprint density at radius 1 is 1.38 bits per heavy atom. The summed E-state index contributed by atoms with van der Waals surface area (Å²) in [6.07, 6.45) is 4.00. The average Bonchev–Trinajstić information content (AvgIpc) is 2.84. The number of rotatable bonds is 1. The number of para-hydroxylation sites is 1. The Hall–Kier alpha value is -1.64. The number of hydrogen-bond donors (Lipinski definition) is 1. The summed E-state index contributed by atoms with van der Waals surface area (Å²) in [6, 6.07) is 5.07. The highest BCUT2D eigenvalue weighted by molar-refractivity contribution is 5.87. The molecule has 0 bridgehead atoms. The number of halogens is 1. The van der Waals surface area contributed by atoms with Crippen LogP contribution in [0.3, 0.4) is 0 Å². The lowest BCUT2D eigenvalue weighted by Crippen LogP contribution is -1.92. The summed E-state index contributed by atoms with van der Waals surface area (Å²) in [5.74, 6) is 0.354. The van der Waals surface area contributed by atoms with Gasteiger partial charge in [-0.1, -0.05) is 12.1 Å². The minimum Gasteiger partial charge on any atom is -0.359 e. The standard InChI is InChI=1S/C13H12FNO/c14-12-3-1-2-10-11(7-15-13(10)12)8-4-5-9(16)6-8/h1-3,7-8,15H,4-6H2. The van der Waals surface area contributed by atoms with E-state index in [-0.39, 0.29) is 11.7 Å². The van der Waals surface area contributed by atoms with E-state index in [1.807, 2.05) is 12.3 Å². The predicted octanol–water partition coefficient (Wildman–Crippen LogP) is 3.14. The van der Waals surface area contributed by atoms with Gasteiger partial charge in [0.2, 0.25) is 0 Å². The third kappa shape index (κ3) is 1.35. The van der Waals surface area contributed by atoms with Gasteiger partial charge in [0.05, 0.1) is 5.52 Å². The van der Waals surface area contributed by atoms with E-state index in [1.54, 1.807) is 6.07 Å². The van der Waals surface area contributed by atoms with Gasteiger partial charge in [0.25, 0.3) is 0 Å². The summed E-state index contributed by atoms with van der Waals surface area (Å²) >= 11 is 0. The molecule has 0 amide bonds. The van der Waals surface area contributed by atoms with Crippen molar-refractivity contribution in [3.8, 4) is 0 Å². The van der Waals surface area contributed by atoms with Crippen LogP contribution in [0.15, 0.2) is 24.4 Å². The molecule has 1 aliphatic rings. The Morgan fingerprint density at radius 3 is 3.00 bits per heavy atom. The Labute approximate surface area is 92.5 Å². The van der Waals surface area contributed by atoms with Crippen molar-refractivity contribution in [3.63, 3.8) is 0 Å². The summed E-state index contributed by atoms with van der Waals surface area (Å²) in [4.78, 5) is 14.2. The molecule has 0 spiro atoms. The number of fused-ring (bicyclic) bond motifs is 1. The molecule has 2 nitrogen and oxygen atoms in total. The van der Waals surface area contributed by atoms with Crippen molar-refractivity contribution in [2.75, 3.05) is 0 Å². The first-order valence-electron chi connectivity index (χ1n) is 5.53. The number of carbonyl (C=O) groups is 1. The van der Waals surface area contributed by atoms with E-state index >= 15 is 0 Å². The van der Waals surface area contributed by atoms with E-state index in [0.717, 1.165) is 17.4 Å². The van der Waals surface area contributed by atoms with Crippen LogP contribution in [0, 0.1) is 5.82 Å². The lowest BCUT2D eigenvalue weighted by atomic mass is 9.97. The van der Waals surface area contributed by atoms with Crippen LogP contribution in [-0.2, 0) is 4.79 Å². The number of nitrogens with one attached hydrogen (secondary N) is 1. The van der Waals surface area contributed by atoms with Crippen molar-refractivity contribution >= 4 is 16.7 Å². The van der Waals surface area contributed by atoms with Gasteiger partial charge in [-0.2, -0.15) is 0 Å². The van der Waals surface area contributed by atoms with Crippen molar-refractivity contribution in [1.29, 1.82) is 0 Å². The summed E-state index contributed by atoms with van der Waals surface area (Å²) in [5, 5.41) is 0.916. The number of hydrogen-bond acceptors (Lipinski definition) is 1. The molecule has 1 aliphatic carbocycles. The van der Waals surface area contributed by atoms with E-state index in [2.05, 4.69) is 4.98 Å². The number of aromatic nitrogens is 1. The Morgan fingerprint density at radius 2 is 2.25 bits per heavy atom. The summed E-state index contributed by atoms with van der Waals surface area (Å²) in [5.41, 5.74) is 1.64. The SMILES string of the molecule is O=C1CCC(c2c[nH]c3c(F)cccc23)C1. The Kier molecular flexibility index (Phi) is 2.06. The van der Waals surface area contributed by atoms with Crippen LogP contribution >= 0.6 is 0 Å². The number of carbonyl (C=O) groups excluding carboxylic acids is 1. The molecular weight excluding hydrogens is 205 g/mol. The smallest absolute Gasteiger partial charge is 0.147 e. The zero-order valence-corrected chi connectivity index (χ0v) is 8.79. The van der Waals surface area contributed by atoms with Gasteiger partial charge in [-0.3, -0.25) is 4.79 Å². The lowest BCUT2D eigenvalue weighted by Gasteiger charge is -2.05. The molecule has 0 aliphatic heterocycles. The van der Waals surface area contributed by atoms with Crippen LogP contribution in [0.4, 0.5) is 4.39 Å². The lowest BCUT2D eigenvalue weighted by molar-refractivity contribution is -0.117. The third-order valence-electron chi connectivity index (χ3n) is 3.38. The quantitative estimate of drug-likeness (QED) is 0.782. The minimum absolute atomic E-state index is 0.229. The van der Waals surface area contributed by atoms with Gasteiger partial charge in [0.15, 0.2) is 0 Å². The van der Waals surface area contributed by atoms with Crippen LogP contribution in [0.25, 0.3) is 10.9 Å². The van der Waals surface area contributed by atoms with E-state index in [9.17, 15) is 9.18 Å². The second kappa shape index (κ2) is 3.44. The molecule has 3 heteroatoms. The largest absolute Gasteiger partial charge is 0.359 e. The molecule has 16 heavy (non-hydrogen) atoms. The average molecular weight is 217 g/mol. The van der Waals surface area contributed by atoms with E-state index < -0.39 is 0 Å². The zero-order chi connectivity index (χ0) is 11.1. The number of H-pyrrole nitrogens is 1. The summed E-state index contributed by atoms with van der Waals surface area (Å²) in [7, 11) is 0. The molecule has 0 saturated heterocycles. The van der Waals surface area contributed by atoms with E-state index in [4.69, 9.17) is 0 Å². The molecule has 1 unspecified atom stereocenters. The monoisotopic (exact) mass is 217 g/mol. The second-order valence-corrected chi connectivity index (χ2v) is 4.38. The van der Waals surface area contributed by atoms with Crippen molar-refractivity contribution < 1.29 is 9.18 Å². The minimum atomic E-state index is -0.229. The zero-order valence-electron chi connectivity index (χ0n) is 8.79. The molecule has 1 aromatic carbocycles. The number of ketones is 1. The molecule has 1 aromatic heterocycles. The first kappa shape index (κ1) is 9.58. The first-order valence-corrected chi connectivity index (χ1v) is 5.53. The van der Waals surface area contributed by atoms with Crippen molar-refractivity contribution in [1.82, 2.24) is 4.98 Å². The van der Waals surface area contributed by atoms with Gasteiger partial charge >= 0.3 is 0 Å². The van der Waals surface area contributed by atoms with Gasteiger partial charge in [-0.15, -0.1) is 0 Å². The molecule has 82 valence electrons. The van der Waals surface area contributed by atoms with Crippen LogP contribution < -0.4 is 0 Å². The van der Waals surface area contributed by atoms with Crippen LogP contribution in [-0.4, -0.2) is 10.8 Å². The topological polar surface area (TPSA) is 32.9 Å². The summed E-state index contributed by atoms with van der Waals surface area (Å²) < 4.78 is 13.5. The van der Waals surface area contributed by atoms with Crippen LogP contribution in [0.5, 0.6) is 0 Å². The van der Waals surface area contributed by atoms with Gasteiger partial charge in [-0.25, -0.2) is 4.39 Å². The molecular formula is C13H12FNO. The maximum Gasteiger partial charge on any atom is 0.147 e. The fourth-order valence-electron chi connectivity index (χ4n) is 2.56. The highest BCUT2D eigenvalue weighted by Crippen LogP contribution is 2.36. The third-order valence-corrected chi connectivity index (χ3v) is 3.38. The fraction of sp³-hybridized carbons (Fsp3) is 0.308. The van der Waals surface area contributed by atoms with Gasteiger partial charge in [0.1, 0.15) is 11.6 Å². The Balaban J connectivity index is 2.11. The fourth-order valence-corrected chi connectivity index (χ4v) is 2.56. The normalized spacial score (nSPS) is 20.8. The van der Waals surface area contributed by atoms with Gasteiger partial charge in [-0.05, 0) is 24.0 Å². The van der Waals surface area contributed by atoms with E-state index in [0.29, 0.717) is 24.1 Å². The highest BCUT2D eigenvalue weighted by atomic mass is 19.1. The first-order chi connectivity index (χ1) is 7.75.